The Bertz CT molecular complexity index is 2500. The first-order valence-electron chi connectivity index (χ1n) is 15.9. The van der Waals surface area contributed by atoms with Gasteiger partial charge >= 0.3 is 0 Å². The number of ether oxygens (including phenoxy) is 1. The SMILES string of the molecule is c1ccc(C2(c3ccccc3-c3ccc4c(c3)Oc3cccc5cccc-4c35)c3ccccc3-c3cc4ccccc4cc32)cc1. The highest BCUT2D eigenvalue weighted by Gasteiger charge is 2.47. The van der Waals surface area contributed by atoms with Gasteiger partial charge in [-0.2, -0.15) is 0 Å². The fourth-order valence-corrected chi connectivity index (χ4v) is 8.20. The molecule has 10 rings (SSSR count). The van der Waals surface area contributed by atoms with Crippen LogP contribution in [0.4, 0.5) is 0 Å². The van der Waals surface area contributed by atoms with Gasteiger partial charge in [-0.15, -0.1) is 0 Å². The van der Waals surface area contributed by atoms with Crippen LogP contribution in [-0.4, -0.2) is 0 Å². The van der Waals surface area contributed by atoms with Gasteiger partial charge in [0.25, 0.3) is 0 Å². The zero-order valence-electron chi connectivity index (χ0n) is 25.1. The van der Waals surface area contributed by atoms with E-state index in [1.165, 1.54) is 66.1 Å². The number of fused-ring (bicyclic) bond motifs is 6. The van der Waals surface area contributed by atoms with Gasteiger partial charge in [-0.1, -0.05) is 140 Å². The van der Waals surface area contributed by atoms with E-state index < -0.39 is 5.41 Å². The summed E-state index contributed by atoms with van der Waals surface area (Å²) in [7, 11) is 0. The van der Waals surface area contributed by atoms with E-state index in [-0.39, 0.29) is 0 Å². The summed E-state index contributed by atoms with van der Waals surface area (Å²) in [5.74, 6) is 1.81. The average molecular weight is 585 g/mol. The van der Waals surface area contributed by atoms with Gasteiger partial charge in [0, 0.05) is 10.9 Å². The molecule has 46 heavy (non-hydrogen) atoms. The van der Waals surface area contributed by atoms with Crippen LogP contribution < -0.4 is 4.74 Å². The van der Waals surface area contributed by atoms with E-state index in [4.69, 9.17) is 4.74 Å². The first kappa shape index (κ1) is 25.4. The third kappa shape index (κ3) is 3.40. The fourth-order valence-electron chi connectivity index (χ4n) is 8.20. The van der Waals surface area contributed by atoms with Gasteiger partial charge in [0.05, 0.1) is 5.41 Å². The van der Waals surface area contributed by atoms with Gasteiger partial charge in [0.15, 0.2) is 0 Å². The molecule has 0 fully saturated rings. The molecule has 1 aliphatic carbocycles. The lowest BCUT2D eigenvalue weighted by atomic mass is 9.65. The quantitative estimate of drug-likeness (QED) is 0.201. The Kier molecular flexibility index (Phi) is 5.27. The van der Waals surface area contributed by atoms with Crippen molar-refractivity contribution < 1.29 is 4.74 Å². The van der Waals surface area contributed by atoms with Gasteiger partial charge in [-0.05, 0) is 96.6 Å². The molecule has 0 bridgehead atoms. The van der Waals surface area contributed by atoms with Crippen molar-refractivity contribution in [3.63, 3.8) is 0 Å². The van der Waals surface area contributed by atoms with Crippen LogP contribution in [-0.2, 0) is 5.41 Å². The molecule has 1 aliphatic heterocycles. The van der Waals surface area contributed by atoms with Crippen molar-refractivity contribution in [2.75, 3.05) is 0 Å². The van der Waals surface area contributed by atoms with Crippen molar-refractivity contribution in [2.45, 2.75) is 5.41 Å². The first-order valence-corrected chi connectivity index (χ1v) is 15.9. The van der Waals surface area contributed by atoms with E-state index in [1.807, 2.05) is 0 Å². The van der Waals surface area contributed by atoms with Crippen LogP contribution in [0, 0.1) is 0 Å². The monoisotopic (exact) mass is 584 g/mol. The van der Waals surface area contributed by atoms with E-state index >= 15 is 0 Å². The van der Waals surface area contributed by atoms with Crippen molar-refractivity contribution in [3.8, 4) is 44.9 Å². The summed E-state index contributed by atoms with van der Waals surface area (Å²) in [4.78, 5) is 0. The molecular weight excluding hydrogens is 556 g/mol. The molecule has 1 atom stereocenters. The van der Waals surface area contributed by atoms with Crippen LogP contribution in [0.1, 0.15) is 22.3 Å². The molecule has 0 radical (unpaired) electrons. The van der Waals surface area contributed by atoms with Crippen molar-refractivity contribution >= 4 is 21.5 Å². The third-order valence-corrected chi connectivity index (χ3v) is 10.1. The molecular formula is C45H28O. The molecule has 0 saturated heterocycles. The number of rotatable bonds is 3. The van der Waals surface area contributed by atoms with Crippen LogP contribution >= 0.6 is 0 Å². The Hall–Kier alpha value is -5.92. The van der Waals surface area contributed by atoms with E-state index in [0.29, 0.717) is 0 Å². The Morgan fingerprint density at radius 2 is 0.978 bits per heavy atom. The molecule has 0 N–H and O–H groups in total. The molecule has 1 heteroatoms. The number of hydrogen-bond donors (Lipinski definition) is 0. The highest BCUT2D eigenvalue weighted by molar-refractivity contribution is 6.04. The molecule has 0 aromatic heterocycles. The lowest BCUT2D eigenvalue weighted by Crippen LogP contribution is -2.29. The second kappa shape index (κ2) is 9.54. The highest BCUT2D eigenvalue weighted by Crippen LogP contribution is 2.58. The van der Waals surface area contributed by atoms with Crippen molar-refractivity contribution in [1.29, 1.82) is 0 Å². The normalized spacial score (nSPS) is 15.7. The van der Waals surface area contributed by atoms with Crippen LogP contribution in [0.15, 0.2) is 170 Å². The zero-order valence-corrected chi connectivity index (χ0v) is 25.1. The molecule has 1 nitrogen and oxygen atoms in total. The smallest absolute Gasteiger partial charge is 0.135 e. The molecule has 0 spiro atoms. The minimum atomic E-state index is -0.511. The van der Waals surface area contributed by atoms with Crippen molar-refractivity contribution in [1.82, 2.24) is 0 Å². The van der Waals surface area contributed by atoms with Crippen LogP contribution in [0.3, 0.4) is 0 Å². The number of hydrogen-bond acceptors (Lipinski definition) is 1. The second-order valence-electron chi connectivity index (χ2n) is 12.4. The van der Waals surface area contributed by atoms with E-state index in [2.05, 4.69) is 170 Å². The summed E-state index contributed by atoms with van der Waals surface area (Å²) >= 11 is 0. The molecule has 8 aromatic carbocycles. The Morgan fingerprint density at radius 3 is 1.80 bits per heavy atom. The summed E-state index contributed by atoms with van der Waals surface area (Å²) in [6.45, 7) is 0. The number of benzene rings is 8. The van der Waals surface area contributed by atoms with Crippen molar-refractivity contribution in [2.24, 2.45) is 0 Å². The summed E-state index contributed by atoms with van der Waals surface area (Å²) < 4.78 is 6.65. The molecule has 0 saturated carbocycles. The van der Waals surface area contributed by atoms with Crippen LogP contribution in [0.25, 0.3) is 54.9 Å². The fraction of sp³-hybridized carbons (Fsp3) is 0.0222. The third-order valence-electron chi connectivity index (χ3n) is 10.1. The van der Waals surface area contributed by atoms with E-state index in [9.17, 15) is 0 Å². The zero-order chi connectivity index (χ0) is 30.2. The Balaban J connectivity index is 1.27. The molecule has 214 valence electrons. The molecule has 8 aromatic rings. The van der Waals surface area contributed by atoms with E-state index in [1.54, 1.807) is 0 Å². The molecule has 2 aliphatic rings. The van der Waals surface area contributed by atoms with Gasteiger partial charge in [0.1, 0.15) is 11.5 Å². The van der Waals surface area contributed by atoms with Gasteiger partial charge in [-0.3, -0.25) is 0 Å². The predicted octanol–water partition coefficient (Wildman–Crippen LogP) is 11.8. The minimum absolute atomic E-state index is 0.511. The summed E-state index contributed by atoms with van der Waals surface area (Å²) in [6, 6.07) is 62.1. The van der Waals surface area contributed by atoms with Crippen molar-refractivity contribution in [3.05, 3.63) is 192 Å². The highest BCUT2D eigenvalue weighted by atomic mass is 16.5. The predicted molar refractivity (Wildman–Crippen MR) is 190 cm³/mol. The van der Waals surface area contributed by atoms with Crippen LogP contribution in [0.5, 0.6) is 11.5 Å². The summed E-state index contributed by atoms with van der Waals surface area (Å²) in [5, 5.41) is 4.89. The average Bonchev–Trinajstić information content (AvgIpc) is 3.41. The topological polar surface area (TPSA) is 9.23 Å². The summed E-state index contributed by atoms with van der Waals surface area (Å²) in [6.07, 6.45) is 0. The van der Waals surface area contributed by atoms with E-state index in [0.717, 1.165) is 22.6 Å². The maximum atomic E-state index is 6.65. The molecule has 0 amide bonds. The maximum Gasteiger partial charge on any atom is 0.135 e. The Morgan fingerprint density at radius 1 is 0.348 bits per heavy atom. The lowest BCUT2D eigenvalue weighted by molar-refractivity contribution is 0.487. The van der Waals surface area contributed by atoms with Gasteiger partial charge in [-0.25, -0.2) is 0 Å². The first-order chi connectivity index (χ1) is 22.8. The standard InChI is InChI=1S/C45H28O/c1-2-16-33(17-3-1)45(40-22-9-7-19-35(40)38-26-30-12-4-5-13-31(30)27-41(38)45)39-21-8-6-18-34(39)32-24-25-36-37-20-10-14-29-15-11-23-42(44(29)37)46-43(36)28-32/h1-28H. The largest absolute Gasteiger partial charge is 0.456 e. The molecule has 1 heterocycles. The summed E-state index contributed by atoms with van der Waals surface area (Å²) in [5.41, 5.74) is 11.9. The van der Waals surface area contributed by atoms with Gasteiger partial charge < -0.3 is 4.74 Å². The maximum absolute atomic E-state index is 6.65. The molecule has 1 unspecified atom stereocenters. The lowest BCUT2D eigenvalue weighted by Gasteiger charge is -2.36. The minimum Gasteiger partial charge on any atom is -0.456 e. The Labute approximate surface area is 268 Å². The van der Waals surface area contributed by atoms with Crippen LogP contribution in [0.2, 0.25) is 0 Å². The van der Waals surface area contributed by atoms with Gasteiger partial charge in [0.2, 0.25) is 0 Å². The second-order valence-corrected chi connectivity index (χ2v) is 12.4.